The Kier molecular flexibility index (Phi) is 3.76. The molecule has 1 aliphatic carbocycles. The Bertz CT molecular complexity index is 163. The number of hydrogen-bond acceptors (Lipinski definition) is 2. The molecule has 0 radical (unpaired) electrons. The van der Waals surface area contributed by atoms with Crippen LogP contribution >= 0.6 is 0 Å². The van der Waals surface area contributed by atoms with Crippen LogP contribution in [0.1, 0.15) is 38.5 Å². The first-order valence-corrected chi connectivity index (χ1v) is 5.82. The number of rotatable bonds is 2. The number of hydrogen-bond donors (Lipinski definition) is 1. The fraction of sp³-hybridized carbons (Fsp3) is 1.00. The van der Waals surface area contributed by atoms with E-state index in [9.17, 15) is 4.39 Å². The van der Waals surface area contributed by atoms with Crippen LogP contribution in [0.5, 0.6) is 0 Å². The van der Waals surface area contributed by atoms with Crippen LogP contribution in [-0.4, -0.2) is 31.5 Å². The van der Waals surface area contributed by atoms with Crippen molar-refractivity contribution < 1.29 is 9.13 Å². The van der Waals surface area contributed by atoms with Crippen LogP contribution in [0.2, 0.25) is 0 Å². The van der Waals surface area contributed by atoms with Gasteiger partial charge in [-0.25, -0.2) is 4.39 Å². The highest BCUT2D eigenvalue weighted by Crippen LogP contribution is 2.22. The Morgan fingerprint density at radius 2 is 1.79 bits per heavy atom. The lowest BCUT2D eigenvalue weighted by molar-refractivity contribution is 0.0623. The van der Waals surface area contributed by atoms with Gasteiger partial charge < -0.3 is 10.1 Å². The van der Waals surface area contributed by atoms with E-state index in [1.807, 2.05) is 0 Å². The first kappa shape index (κ1) is 10.4. The van der Waals surface area contributed by atoms with E-state index in [1.165, 1.54) is 6.42 Å². The molecule has 0 bridgehead atoms. The SMILES string of the molecule is F[C@H]1CC[C@@H](N[C@H]2CCCOC2)CC1. The van der Waals surface area contributed by atoms with Crippen molar-refractivity contribution in [3.63, 3.8) is 0 Å². The van der Waals surface area contributed by atoms with E-state index >= 15 is 0 Å². The monoisotopic (exact) mass is 201 g/mol. The molecular weight excluding hydrogens is 181 g/mol. The van der Waals surface area contributed by atoms with Crippen LogP contribution < -0.4 is 5.32 Å². The summed E-state index contributed by atoms with van der Waals surface area (Å²) in [4.78, 5) is 0. The van der Waals surface area contributed by atoms with Crippen LogP contribution in [0.25, 0.3) is 0 Å². The lowest BCUT2D eigenvalue weighted by Crippen LogP contribution is -2.44. The molecule has 1 saturated carbocycles. The Labute approximate surface area is 85.2 Å². The highest BCUT2D eigenvalue weighted by molar-refractivity contribution is 4.81. The van der Waals surface area contributed by atoms with Gasteiger partial charge in [-0.3, -0.25) is 0 Å². The first-order chi connectivity index (χ1) is 6.84. The van der Waals surface area contributed by atoms with Crippen molar-refractivity contribution in [2.24, 2.45) is 0 Å². The van der Waals surface area contributed by atoms with Crippen molar-refractivity contribution in [3.8, 4) is 0 Å². The molecule has 0 spiro atoms. The van der Waals surface area contributed by atoms with E-state index < -0.39 is 6.17 Å². The minimum atomic E-state index is -0.546. The van der Waals surface area contributed by atoms with Gasteiger partial charge in [-0.05, 0) is 38.5 Å². The van der Waals surface area contributed by atoms with Crippen molar-refractivity contribution in [2.45, 2.75) is 56.8 Å². The molecule has 1 N–H and O–H groups in total. The van der Waals surface area contributed by atoms with Gasteiger partial charge in [0.05, 0.1) is 6.61 Å². The van der Waals surface area contributed by atoms with Crippen LogP contribution in [0.4, 0.5) is 4.39 Å². The van der Waals surface area contributed by atoms with Gasteiger partial charge in [0.2, 0.25) is 0 Å². The topological polar surface area (TPSA) is 21.3 Å². The molecule has 14 heavy (non-hydrogen) atoms. The summed E-state index contributed by atoms with van der Waals surface area (Å²) in [5.74, 6) is 0. The van der Waals surface area contributed by atoms with Gasteiger partial charge in [0.15, 0.2) is 0 Å². The lowest BCUT2D eigenvalue weighted by Gasteiger charge is -2.31. The fourth-order valence-corrected chi connectivity index (χ4v) is 2.42. The molecule has 0 aromatic rings. The Morgan fingerprint density at radius 3 is 2.43 bits per heavy atom. The quantitative estimate of drug-likeness (QED) is 0.738. The maximum absolute atomic E-state index is 12.9. The molecule has 82 valence electrons. The second-order valence-electron chi connectivity index (χ2n) is 4.53. The van der Waals surface area contributed by atoms with E-state index in [0.717, 1.165) is 45.3 Å². The molecule has 1 heterocycles. The molecule has 1 saturated heterocycles. The zero-order valence-electron chi connectivity index (χ0n) is 8.68. The zero-order valence-corrected chi connectivity index (χ0v) is 8.68. The summed E-state index contributed by atoms with van der Waals surface area (Å²) in [7, 11) is 0. The molecule has 1 aliphatic heterocycles. The largest absolute Gasteiger partial charge is 0.380 e. The van der Waals surface area contributed by atoms with Gasteiger partial charge in [0.25, 0.3) is 0 Å². The molecule has 0 aromatic heterocycles. The third-order valence-corrected chi connectivity index (χ3v) is 3.29. The van der Waals surface area contributed by atoms with Crippen molar-refractivity contribution in [2.75, 3.05) is 13.2 Å². The Morgan fingerprint density at radius 1 is 1.00 bits per heavy atom. The maximum atomic E-state index is 12.9. The van der Waals surface area contributed by atoms with E-state index in [4.69, 9.17) is 4.74 Å². The van der Waals surface area contributed by atoms with Crippen LogP contribution in [0, 0.1) is 0 Å². The molecule has 0 unspecified atom stereocenters. The molecule has 3 heteroatoms. The van der Waals surface area contributed by atoms with Crippen LogP contribution in [0.15, 0.2) is 0 Å². The summed E-state index contributed by atoms with van der Waals surface area (Å²) >= 11 is 0. The summed E-state index contributed by atoms with van der Waals surface area (Å²) in [5.41, 5.74) is 0. The summed E-state index contributed by atoms with van der Waals surface area (Å²) in [6.07, 6.45) is 5.31. The predicted molar refractivity (Wildman–Crippen MR) is 54.1 cm³/mol. The minimum Gasteiger partial charge on any atom is -0.380 e. The lowest BCUT2D eigenvalue weighted by atomic mass is 9.93. The van der Waals surface area contributed by atoms with Crippen molar-refractivity contribution >= 4 is 0 Å². The number of ether oxygens (including phenoxy) is 1. The molecule has 2 nitrogen and oxygen atoms in total. The Hall–Kier alpha value is -0.150. The van der Waals surface area contributed by atoms with Gasteiger partial charge in [-0.15, -0.1) is 0 Å². The van der Waals surface area contributed by atoms with E-state index in [1.54, 1.807) is 0 Å². The van der Waals surface area contributed by atoms with Gasteiger partial charge in [0.1, 0.15) is 6.17 Å². The van der Waals surface area contributed by atoms with Gasteiger partial charge in [-0.1, -0.05) is 0 Å². The van der Waals surface area contributed by atoms with Crippen molar-refractivity contribution in [1.82, 2.24) is 5.32 Å². The van der Waals surface area contributed by atoms with Gasteiger partial charge >= 0.3 is 0 Å². The zero-order chi connectivity index (χ0) is 9.80. The predicted octanol–water partition coefficient (Wildman–Crippen LogP) is 2.04. The minimum absolute atomic E-state index is 0.518. The third-order valence-electron chi connectivity index (χ3n) is 3.29. The molecule has 2 rings (SSSR count). The summed E-state index contributed by atoms with van der Waals surface area (Å²) in [5, 5.41) is 3.59. The second kappa shape index (κ2) is 5.08. The smallest absolute Gasteiger partial charge is 0.100 e. The number of nitrogens with one attached hydrogen (secondary N) is 1. The van der Waals surface area contributed by atoms with Crippen molar-refractivity contribution in [1.29, 1.82) is 0 Å². The summed E-state index contributed by atoms with van der Waals surface area (Å²) in [6.45, 7) is 1.75. The standard InChI is InChI=1S/C11H20FNO/c12-9-3-5-10(6-4-9)13-11-2-1-7-14-8-11/h9-11,13H,1-8H2/t9-,10+,11-/m0/s1. The molecule has 0 aromatic carbocycles. The molecule has 2 aliphatic rings. The van der Waals surface area contributed by atoms with Crippen LogP contribution in [-0.2, 0) is 4.74 Å². The number of alkyl halides is 1. The molecule has 2 fully saturated rings. The van der Waals surface area contributed by atoms with Gasteiger partial charge in [0, 0.05) is 18.7 Å². The molecule has 0 amide bonds. The van der Waals surface area contributed by atoms with Crippen molar-refractivity contribution in [3.05, 3.63) is 0 Å². The number of halogens is 1. The third kappa shape index (κ3) is 2.92. The molecule has 1 atom stereocenters. The van der Waals surface area contributed by atoms with E-state index in [0.29, 0.717) is 12.1 Å². The highest BCUT2D eigenvalue weighted by atomic mass is 19.1. The fourth-order valence-electron chi connectivity index (χ4n) is 2.42. The molecular formula is C11H20FNO. The normalized spacial score (nSPS) is 39.6. The maximum Gasteiger partial charge on any atom is 0.100 e. The highest BCUT2D eigenvalue weighted by Gasteiger charge is 2.23. The van der Waals surface area contributed by atoms with E-state index in [-0.39, 0.29) is 0 Å². The van der Waals surface area contributed by atoms with Gasteiger partial charge in [-0.2, -0.15) is 0 Å². The Balaban J connectivity index is 1.68. The first-order valence-electron chi connectivity index (χ1n) is 5.82. The average Bonchev–Trinajstić information content (AvgIpc) is 2.23. The summed E-state index contributed by atoms with van der Waals surface area (Å²) < 4.78 is 18.3. The summed E-state index contributed by atoms with van der Waals surface area (Å²) in [6, 6.07) is 1.05. The van der Waals surface area contributed by atoms with E-state index in [2.05, 4.69) is 5.32 Å². The average molecular weight is 201 g/mol. The van der Waals surface area contributed by atoms with Crippen LogP contribution in [0.3, 0.4) is 0 Å². The second-order valence-corrected chi connectivity index (χ2v) is 4.53.